The van der Waals surface area contributed by atoms with Gasteiger partial charge in [0.1, 0.15) is 0 Å². The topological polar surface area (TPSA) is 66.4 Å². The van der Waals surface area contributed by atoms with E-state index in [1.54, 1.807) is 0 Å². The van der Waals surface area contributed by atoms with Gasteiger partial charge in [-0.1, -0.05) is 34.9 Å². The Balaban J connectivity index is 1.68. The summed E-state index contributed by atoms with van der Waals surface area (Å²) in [5.74, 6) is -1.89. The van der Waals surface area contributed by atoms with Crippen molar-refractivity contribution in [3.05, 3.63) is 46.0 Å². The largest absolute Gasteiger partial charge is 0.481 e. The number of rotatable bonds is 5. The third-order valence-electron chi connectivity index (χ3n) is 5.61. The van der Waals surface area contributed by atoms with Crippen molar-refractivity contribution in [3.8, 4) is 0 Å². The highest BCUT2D eigenvalue weighted by molar-refractivity contribution is 6.30. The predicted molar refractivity (Wildman–Crippen MR) is 97.4 cm³/mol. The second kappa shape index (κ2) is 7.20. The molecule has 0 aromatic heterocycles. The molecule has 3 rings (SSSR count). The molecule has 2 bridgehead atoms. The number of nitrogens with one attached hydrogen (secondary N) is 1. The summed E-state index contributed by atoms with van der Waals surface area (Å²) < 4.78 is 0. The maximum atomic E-state index is 12.8. The molecule has 2 aliphatic rings. The molecule has 0 aliphatic heterocycles. The van der Waals surface area contributed by atoms with Gasteiger partial charge < -0.3 is 10.4 Å². The Kier molecular flexibility index (Phi) is 5.19. The van der Waals surface area contributed by atoms with E-state index in [1.165, 1.54) is 11.1 Å². The van der Waals surface area contributed by atoms with Crippen LogP contribution in [-0.4, -0.2) is 23.5 Å². The number of aliphatic carboxylic acids is 1. The SMILES string of the molecule is CC(C)=C1[C@H]2CC[C@@H]1[C@@H](C(=O)NCCc1cccc(Cl)c1)[C@@H]2C(=O)O. The minimum atomic E-state index is -0.846. The highest BCUT2D eigenvalue weighted by Gasteiger charge is 2.57. The van der Waals surface area contributed by atoms with E-state index in [0.717, 1.165) is 18.4 Å². The number of hydrogen-bond donors (Lipinski definition) is 2. The van der Waals surface area contributed by atoms with Crippen LogP contribution in [0.25, 0.3) is 0 Å². The summed E-state index contributed by atoms with van der Waals surface area (Å²) in [6.07, 6.45) is 2.48. The fourth-order valence-electron chi connectivity index (χ4n) is 4.75. The summed E-state index contributed by atoms with van der Waals surface area (Å²) in [7, 11) is 0. The van der Waals surface area contributed by atoms with Crippen LogP contribution in [0, 0.1) is 23.7 Å². The fourth-order valence-corrected chi connectivity index (χ4v) is 4.96. The van der Waals surface area contributed by atoms with Crippen molar-refractivity contribution in [2.75, 3.05) is 6.54 Å². The average Bonchev–Trinajstić information content (AvgIpc) is 3.10. The van der Waals surface area contributed by atoms with Crippen LogP contribution < -0.4 is 5.32 Å². The van der Waals surface area contributed by atoms with E-state index in [0.29, 0.717) is 18.0 Å². The minimum absolute atomic E-state index is 0.0242. The molecule has 2 saturated carbocycles. The number of halogens is 1. The van der Waals surface area contributed by atoms with E-state index in [4.69, 9.17) is 11.6 Å². The van der Waals surface area contributed by atoms with Gasteiger partial charge in [-0.25, -0.2) is 0 Å². The highest BCUT2D eigenvalue weighted by Crippen LogP contribution is 2.57. The van der Waals surface area contributed by atoms with E-state index >= 15 is 0 Å². The molecule has 1 amide bonds. The average molecular weight is 362 g/mol. The summed E-state index contributed by atoms with van der Waals surface area (Å²) >= 11 is 5.97. The number of carbonyl (C=O) groups is 2. The number of fused-ring (bicyclic) bond motifs is 2. The highest BCUT2D eigenvalue weighted by atomic mass is 35.5. The Morgan fingerprint density at radius 1 is 1.20 bits per heavy atom. The Morgan fingerprint density at radius 3 is 2.48 bits per heavy atom. The molecule has 0 unspecified atom stereocenters. The van der Waals surface area contributed by atoms with Crippen LogP contribution in [0.15, 0.2) is 35.4 Å². The Morgan fingerprint density at radius 2 is 1.88 bits per heavy atom. The summed E-state index contributed by atoms with van der Waals surface area (Å²) in [4.78, 5) is 24.5. The van der Waals surface area contributed by atoms with Crippen LogP contribution in [0.5, 0.6) is 0 Å². The maximum absolute atomic E-state index is 12.8. The van der Waals surface area contributed by atoms with Crippen molar-refractivity contribution >= 4 is 23.5 Å². The van der Waals surface area contributed by atoms with Gasteiger partial charge in [0.2, 0.25) is 5.91 Å². The maximum Gasteiger partial charge on any atom is 0.307 e. The van der Waals surface area contributed by atoms with E-state index in [9.17, 15) is 14.7 Å². The molecule has 0 radical (unpaired) electrons. The first-order chi connectivity index (χ1) is 11.9. The molecule has 2 N–H and O–H groups in total. The van der Waals surface area contributed by atoms with Crippen LogP contribution in [-0.2, 0) is 16.0 Å². The van der Waals surface area contributed by atoms with Gasteiger partial charge in [-0.15, -0.1) is 0 Å². The van der Waals surface area contributed by atoms with Crippen LogP contribution in [0.3, 0.4) is 0 Å². The molecule has 1 aromatic rings. The molecule has 0 heterocycles. The molecule has 0 saturated heterocycles. The van der Waals surface area contributed by atoms with Crippen molar-refractivity contribution in [1.29, 1.82) is 0 Å². The van der Waals surface area contributed by atoms with Gasteiger partial charge >= 0.3 is 5.97 Å². The lowest BCUT2D eigenvalue weighted by Crippen LogP contribution is -2.41. The number of carboxylic acids is 1. The molecule has 2 fully saturated rings. The predicted octanol–water partition coefficient (Wildman–Crippen LogP) is 3.69. The van der Waals surface area contributed by atoms with Gasteiger partial charge in [0.25, 0.3) is 0 Å². The Hall–Kier alpha value is -1.81. The molecule has 25 heavy (non-hydrogen) atoms. The summed E-state index contributed by atoms with van der Waals surface area (Å²) in [6, 6.07) is 7.55. The first-order valence-electron chi connectivity index (χ1n) is 8.82. The van der Waals surface area contributed by atoms with Crippen molar-refractivity contribution in [2.45, 2.75) is 33.1 Å². The first-order valence-corrected chi connectivity index (χ1v) is 9.20. The lowest BCUT2D eigenvalue weighted by molar-refractivity contribution is -0.149. The lowest BCUT2D eigenvalue weighted by Gasteiger charge is -2.26. The second-order valence-electron chi connectivity index (χ2n) is 7.31. The van der Waals surface area contributed by atoms with Crippen molar-refractivity contribution in [3.63, 3.8) is 0 Å². The molecule has 0 spiro atoms. The molecule has 134 valence electrons. The van der Waals surface area contributed by atoms with Gasteiger partial charge in [0.15, 0.2) is 0 Å². The van der Waals surface area contributed by atoms with Crippen LogP contribution in [0.4, 0.5) is 0 Å². The number of carboxylic acid groups (broad SMARTS) is 1. The van der Waals surface area contributed by atoms with Gasteiger partial charge in [-0.2, -0.15) is 0 Å². The number of amides is 1. The van der Waals surface area contributed by atoms with Crippen molar-refractivity contribution in [1.82, 2.24) is 5.32 Å². The minimum Gasteiger partial charge on any atom is -0.481 e. The molecule has 5 heteroatoms. The van der Waals surface area contributed by atoms with Gasteiger partial charge in [0.05, 0.1) is 11.8 Å². The lowest BCUT2D eigenvalue weighted by atomic mass is 9.78. The number of benzene rings is 1. The molecule has 1 aromatic carbocycles. The van der Waals surface area contributed by atoms with Crippen LogP contribution >= 0.6 is 11.6 Å². The zero-order valence-electron chi connectivity index (χ0n) is 14.6. The second-order valence-corrected chi connectivity index (χ2v) is 7.74. The van der Waals surface area contributed by atoms with Crippen LogP contribution in [0.2, 0.25) is 5.02 Å². The summed E-state index contributed by atoms with van der Waals surface area (Å²) in [5, 5.41) is 13.3. The van der Waals surface area contributed by atoms with E-state index in [2.05, 4.69) is 5.32 Å². The number of carbonyl (C=O) groups excluding carboxylic acids is 1. The van der Waals surface area contributed by atoms with E-state index < -0.39 is 17.8 Å². The zero-order chi connectivity index (χ0) is 18.1. The van der Waals surface area contributed by atoms with Gasteiger partial charge in [0, 0.05) is 11.6 Å². The molecular formula is C20H24ClNO3. The Labute approximate surface area is 153 Å². The van der Waals surface area contributed by atoms with Crippen LogP contribution in [0.1, 0.15) is 32.3 Å². The van der Waals surface area contributed by atoms with Crippen molar-refractivity contribution in [2.24, 2.45) is 23.7 Å². The van der Waals surface area contributed by atoms with E-state index in [-0.39, 0.29) is 17.7 Å². The smallest absolute Gasteiger partial charge is 0.307 e. The molecule has 2 aliphatic carbocycles. The standard InChI is InChI=1S/C20H24ClNO3/c1-11(2)16-14-6-7-15(16)18(20(24)25)17(14)19(23)22-9-8-12-4-3-5-13(21)10-12/h3-5,10,14-15,17-18H,6-9H2,1-2H3,(H,22,23)(H,24,25)/t14-,15+,17+,18+/m0/s1. The molecule has 4 atom stereocenters. The quantitative estimate of drug-likeness (QED) is 0.786. The summed E-state index contributed by atoms with van der Waals surface area (Å²) in [5.41, 5.74) is 3.44. The number of hydrogen-bond acceptors (Lipinski definition) is 2. The first kappa shape index (κ1) is 18.0. The molecular weight excluding hydrogens is 338 g/mol. The number of allylic oxidation sites excluding steroid dienone is 2. The normalized spacial score (nSPS) is 27.4. The fraction of sp³-hybridized carbons (Fsp3) is 0.500. The van der Waals surface area contributed by atoms with E-state index in [1.807, 2.05) is 38.1 Å². The van der Waals surface area contributed by atoms with Gasteiger partial charge in [-0.3, -0.25) is 9.59 Å². The third-order valence-corrected chi connectivity index (χ3v) is 5.84. The summed E-state index contributed by atoms with van der Waals surface area (Å²) in [6.45, 7) is 4.54. The Bertz CT molecular complexity index is 723. The molecule has 4 nitrogen and oxygen atoms in total. The monoisotopic (exact) mass is 361 g/mol. The van der Waals surface area contributed by atoms with Gasteiger partial charge in [-0.05, 0) is 62.6 Å². The van der Waals surface area contributed by atoms with Crippen molar-refractivity contribution < 1.29 is 14.7 Å². The third kappa shape index (κ3) is 3.45. The zero-order valence-corrected chi connectivity index (χ0v) is 15.3.